The Kier molecular flexibility index (Phi) is 5.04. The van der Waals surface area contributed by atoms with Crippen molar-refractivity contribution in [2.45, 2.75) is 16.7 Å². The van der Waals surface area contributed by atoms with Gasteiger partial charge in [0.15, 0.2) is 15.0 Å². The van der Waals surface area contributed by atoms with Crippen LogP contribution < -0.4 is 10.5 Å². The van der Waals surface area contributed by atoms with Gasteiger partial charge in [0.1, 0.15) is 0 Å². The van der Waals surface area contributed by atoms with E-state index in [9.17, 15) is 21.6 Å². The topological polar surface area (TPSA) is 136 Å². The van der Waals surface area contributed by atoms with Crippen molar-refractivity contribution in [1.29, 1.82) is 0 Å². The van der Waals surface area contributed by atoms with E-state index >= 15 is 0 Å². The molecule has 3 aromatic rings. The zero-order valence-corrected chi connectivity index (χ0v) is 16.5. The molecule has 1 heterocycles. The molecule has 11 heteroatoms. The number of primary sulfonamides is 1. The maximum Gasteiger partial charge on any atom is 0.258 e. The van der Waals surface area contributed by atoms with Crippen LogP contribution in [-0.4, -0.2) is 33.5 Å². The van der Waals surface area contributed by atoms with Gasteiger partial charge >= 0.3 is 0 Å². The quantitative estimate of drug-likeness (QED) is 0.641. The van der Waals surface area contributed by atoms with E-state index in [2.05, 4.69) is 10.3 Å². The van der Waals surface area contributed by atoms with Gasteiger partial charge in [0.05, 0.1) is 31.3 Å². The standard InChI is InChI=1S/C16H15N3O5S3/c1-2-26(21,22)14-6-4-3-5-11(14)15(20)19-16-18-12-8-7-10(27(17,23)24)9-13(12)25-16/h3-9H,2H2,1H3,(H2,17,23,24)(H,18,19,20). The molecule has 0 atom stereocenters. The molecule has 0 spiro atoms. The number of rotatable bonds is 5. The van der Waals surface area contributed by atoms with Crippen LogP contribution in [0.15, 0.2) is 52.3 Å². The number of aromatic nitrogens is 1. The van der Waals surface area contributed by atoms with Gasteiger partial charge in [0.2, 0.25) is 10.0 Å². The summed E-state index contributed by atoms with van der Waals surface area (Å²) in [5, 5.41) is 7.89. The average molecular weight is 426 g/mol. The Balaban J connectivity index is 1.96. The summed E-state index contributed by atoms with van der Waals surface area (Å²) >= 11 is 1.06. The molecule has 1 amide bonds. The van der Waals surface area contributed by atoms with E-state index in [1.165, 1.54) is 37.3 Å². The lowest BCUT2D eigenvalue weighted by atomic mass is 10.2. The van der Waals surface area contributed by atoms with Gasteiger partial charge in [-0.05, 0) is 30.3 Å². The number of sulfonamides is 1. The number of hydrogen-bond donors (Lipinski definition) is 2. The van der Waals surface area contributed by atoms with E-state index in [0.29, 0.717) is 10.2 Å². The molecule has 0 saturated heterocycles. The Morgan fingerprint density at radius 3 is 2.52 bits per heavy atom. The molecule has 0 aliphatic heterocycles. The van der Waals surface area contributed by atoms with Crippen molar-refractivity contribution in [3.05, 3.63) is 48.0 Å². The number of carbonyl (C=O) groups excluding carboxylic acids is 1. The largest absolute Gasteiger partial charge is 0.298 e. The lowest BCUT2D eigenvalue weighted by Gasteiger charge is -2.08. The molecule has 0 bridgehead atoms. The second-order valence-corrected chi connectivity index (χ2v) is 10.4. The zero-order chi connectivity index (χ0) is 19.8. The highest BCUT2D eigenvalue weighted by Gasteiger charge is 2.21. The minimum absolute atomic E-state index is 0.0174. The van der Waals surface area contributed by atoms with E-state index in [4.69, 9.17) is 5.14 Å². The number of anilines is 1. The van der Waals surface area contributed by atoms with Crippen LogP contribution in [0.1, 0.15) is 17.3 Å². The normalized spacial score (nSPS) is 12.2. The van der Waals surface area contributed by atoms with E-state index < -0.39 is 25.8 Å². The van der Waals surface area contributed by atoms with Gasteiger partial charge in [-0.3, -0.25) is 10.1 Å². The van der Waals surface area contributed by atoms with Gasteiger partial charge < -0.3 is 0 Å². The zero-order valence-electron chi connectivity index (χ0n) is 14.0. The highest BCUT2D eigenvalue weighted by molar-refractivity contribution is 7.91. The number of hydrogen-bond acceptors (Lipinski definition) is 7. The molecule has 0 aliphatic carbocycles. The summed E-state index contributed by atoms with van der Waals surface area (Å²) < 4.78 is 47.8. The summed E-state index contributed by atoms with van der Waals surface area (Å²) in [5.74, 6) is -0.747. The van der Waals surface area contributed by atoms with Gasteiger partial charge in [-0.15, -0.1) is 0 Å². The predicted octanol–water partition coefficient (Wildman–Crippen LogP) is 1.99. The van der Waals surface area contributed by atoms with E-state index in [1.54, 1.807) is 12.1 Å². The van der Waals surface area contributed by atoms with Crippen molar-refractivity contribution in [3.63, 3.8) is 0 Å². The van der Waals surface area contributed by atoms with Crippen LogP contribution in [0.3, 0.4) is 0 Å². The number of amides is 1. The Morgan fingerprint density at radius 2 is 1.85 bits per heavy atom. The molecule has 0 saturated carbocycles. The van der Waals surface area contributed by atoms with Crippen molar-refractivity contribution in [2.24, 2.45) is 5.14 Å². The Bertz CT molecular complexity index is 1250. The molecule has 1 aromatic heterocycles. The number of fused-ring (bicyclic) bond motifs is 1. The van der Waals surface area contributed by atoms with Gasteiger partial charge in [0.25, 0.3) is 5.91 Å². The Hall–Kier alpha value is -2.34. The second kappa shape index (κ2) is 7.00. The summed E-state index contributed by atoms with van der Waals surface area (Å²) in [6.45, 7) is 1.50. The van der Waals surface area contributed by atoms with Crippen molar-refractivity contribution >= 4 is 52.5 Å². The number of nitrogens with zero attached hydrogens (tertiary/aromatic N) is 1. The summed E-state index contributed by atoms with van der Waals surface area (Å²) in [6, 6.07) is 10.1. The summed E-state index contributed by atoms with van der Waals surface area (Å²) in [5.41, 5.74) is 0.501. The molecule has 27 heavy (non-hydrogen) atoms. The molecule has 0 radical (unpaired) electrons. The number of nitrogens with one attached hydrogen (secondary N) is 1. The molecule has 142 valence electrons. The van der Waals surface area contributed by atoms with Crippen LogP contribution in [0.2, 0.25) is 0 Å². The van der Waals surface area contributed by atoms with Crippen LogP contribution in [0.25, 0.3) is 10.2 Å². The van der Waals surface area contributed by atoms with Crippen LogP contribution in [0, 0.1) is 0 Å². The highest BCUT2D eigenvalue weighted by atomic mass is 32.2. The van der Waals surface area contributed by atoms with Crippen molar-refractivity contribution < 1.29 is 21.6 Å². The monoisotopic (exact) mass is 425 g/mol. The highest BCUT2D eigenvalue weighted by Crippen LogP contribution is 2.28. The number of benzene rings is 2. The summed E-state index contributed by atoms with van der Waals surface area (Å²) in [4.78, 5) is 16.7. The first-order valence-electron chi connectivity index (χ1n) is 7.68. The van der Waals surface area contributed by atoms with Gasteiger partial charge in [-0.1, -0.05) is 30.4 Å². The maximum atomic E-state index is 12.6. The molecule has 0 aliphatic rings. The fraction of sp³-hybridized carbons (Fsp3) is 0.125. The third kappa shape index (κ3) is 4.00. The van der Waals surface area contributed by atoms with Crippen LogP contribution >= 0.6 is 11.3 Å². The van der Waals surface area contributed by atoms with Crippen molar-refractivity contribution in [3.8, 4) is 0 Å². The third-order valence-corrected chi connectivity index (χ3v) is 7.39. The van der Waals surface area contributed by atoms with E-state index in [1.807, 2.05) is 0 Å². The van der Waals surface area contributed by atoms with Crippen LogP contribution in [0.5, 0.6) is 0 Å². The fourth-order valence-electron chi connectivity index (χ4n) is 2.38. The SMILES string of the molecule is CCS(=O)(=O)c1ccccc1C(=O)Nc1nc2ccc(S(N)(=O)=O)cc2s1. The van der Waals surface area contributed by atoms with E-state index in [-0.39, 0.29) is 26.2 Å². The number of sulfone groups is 1. The van der Waals surface area contributed by atoms with Gasteiger partial charge in [-0.2, -0.15) is 0 Å². The van der Waals surface area contributed by atoms with Crippen molar-refractivity contribution in [1.82, 2.24) is 4.98 Å². The summed E-state index contributed by atoms with van der Waals surface area (Å²) in [7, 11) is -7.42. The first-order valence-corrected chi connectivity index (χ1v) is 11.7. The summed E-state index contributed by atoms with van der Waals surface area (Å²) in [6.07, 6.45) is 0. The molecule has 8 nitrogen and oxygen atoms in total. The average Bonchev–Trinajstić information content (AvgIpc) is 3.02. The third-order valence-electron chi connectivity index (χ3n) is 3.76. The second-order valence-electron chi connectivity index (χ2n) is 5.55. The van der Waals surface area contributed by atoms with Crippen molar-refractivity contribution in [2.75, 3.05) is 11.1 Å². The smallest absolute Gasteiger partial charge is 0.258 e. The van der Waals surface area contributed by atoms with Gasteiger partial charge in [0, 0.05) is 0 Å². The van der Waals surface area contributed by atoms with Crippen LogP contribution in [0.4, 0.5) is 5.13 Å². The first kappa shape index (κ1) is 19.4. The first-order chi connectivity index (χ1) is 12.6. The number of carbonyl (C=O) groups is 1. The minimum Gasteiger partial charge on any atom is -0.298 e. The number of thiazole rings is 1. The predicted molar refractivity (Wildman–Crippen MR) is 103 cm³/mol. The molecule has 3 N–H and O–H groups in total. The molecular weight excluding hydrogens is 410 g/mol. The Morgan fingerprint density at radius 1 is 1.15 bits per heavy atom. The lowest BCUT2D eigenvalue weighted by molar-refractivity contribution is 0.102. The van der Waals surface area contributed by atoms with Crippen LogP contribution in [-0.2, 0) is 19.9 Å². The van der Waals surface area contributed by atoms with Gasteiger partial charge in [-0.25, -0.2) is 27.0 Å². The Labute approximate surface area is 160 Å². The molecule has 3 rings (SSSR count). The molecule has 0 unspecified atom stereocenters. The minimum atomic E-state index is -3.85. The van der Waals surface area contributed by atoms with E-state index in [0.717, 1.165) is 11.3 Å². The molecule has 2 aromatic carbocycles. The fourth-order valence-corrected chi connectivity index (χ4v) is 4.99. The molecular formula is C16H15N3O5S3. The molecule has 0 fully saturated rings. The number of nitrogens with two attached hydrogens (primary N) is 1. The lowest BCUT2D eigenvalue weighted by Crippen LogP contribution is -2.17. The maximum absolute atomic E-state index is 12.6.